The van der Waals surface area contributed by atoms with Gasteiger partial charge in [-0.3, -0.25) is 19.1 Å². The van der Waals surface area contributed by atoms with Crippen molar-refractivity contribution in [3.8, 4) is 5.75 Å². The number of hydrogen-bond donors (Lipinski definition) is 2. The van der Waals surface area contributed by atoms with Crippen molar-refractivity contribution in [1.82, 2.24) is 9.55 Å². The zero-order valence-corrected chi connectivity index (χ0v) is 19.9. The summed E-state index contributed by atoms with van der Waals surface area (Å²) in [5.74, 6) is -1.70. The van der Waals surface area contributed by atoms with E-state index in [9.17, 15) is 28.0 Å². The lowest BCUT2D eigenvalue weighted by atomic mass is 10.1. The Morgan fingerprint density at radius 1 is 1.17 bits per heavy atom. The summed E-state index contributed by atoms with van der Waals surface area (Å²) >= 11 is 0. The summed E-state index contributed by atoms with van der Waals surface area (Å²) in [4.78, 5) is 53.5. The molecule has 0 saturated carbocycles. The number of amides is 1. The number of carbonyl (C=O) groups is 2. The minimum Gasteiger partial charge on any atom is -0.452 e. The molecular weight excluding hydrogens is 466 g/mol. The summed E-state index contributed by atoms with van der Waals surface area (Å²) < 4.78 is 35.0. The normalized spacial score (nSPS) is 11.1. The molecule has 0 aliphatic heterocycles. The smallest absolute Gasteiger partial charge is 0.387 e. The second-order valence-electron chi connectivity index (χ2n) is 8.21. The van der Waals surface area contributed by atoms with Gasteiger partial charge < -0.3 is 20.1 Å². The number of alkyl halides is 2. The number of ether oxygens (including phenoxy) is 2. The van der Waals surface area contributed by atoms with Crippen molar-refractivity contribution in [2.45, 2.75) is 53.2 Å². The largest absolute Gasteiger partial charge is 0.452 e. The number of hydrogen-bond acceptors (Lipinski definition) is 7. The highest BCUT2D eigenvalue weighted by atomic mass is 19.3. The standard InChI is InChI=1S/C23H30F2N4O6/c1-4-5-11-29-19(26)18(20(31)27-23(29)33)28(12-10-14(2)3)17(30)13-34-21(32)15-6-8-16(9-7-15)35-22(24)25/h6-9,14,22H,4-5,10-13,26H2,1-3H3,(H,27,31,33). The first kappa shape index (κ1) is 27.5. The van der Waals surface area contributed by atoms with Gasteiger partial charge in [-0.05, 0) is 43.0 Å². The summed E-state index contributed by atoms with van der Waals surface area (Å²) in [6.45, 7) is 2.44. The SMILES string of the molecule is CCCCn1c(N)c(N(CCC(C)C)C(=O)COC(=O)c2ccc(OC(F)F)cc2)c(=O)[nH]c1=O. The maximum absolute atomic E-state index is 13.0. The molecule has 35 heavy (non-hydrogen) atoms. The summed E-state index contributed by atoms with van der Waals surface area (Å²) in [5.41, 5.74) is 4.48. The molecule has 12 heteroatoms. The van der Waals surface area contributed by atoms with Crippen molar-refractivity contribution < 1.29 is 27.8 Å². The van der Waals surface area contributed by atoms with Crippen LogP contribution in [0.3, 0.4) is 0 Å². The van der Waals surface area contributed by atoms with E-state index in [1.807, 2.05) is 20.8 Å². The zero-order valence-electron chi connectivity index (χ0n) is 19.9. The Hall–Kier alpha value is -3.70. The first-order chi connectivity index (χ1) is 16.5. The molecule has 0 unspecified atom stereocenters. The van der Waals surface area contributed by atoms with Crippen molar-refractivity contribution in [1.29, 1.82) is 0 Å². The van der Waals surface area contributed by atoms with E-state index in [0.29, 0.717) is 12.8 Å². The number of anilines is 2. The number of esters is 1. The van der Waals surface area contributed by atoms with Crippen LogP contribution in [-0.2, 0) is 16.1 Å². The van der Waals surface area contributed by atoms with E-state index in [4.69, 9.17) is 10.5 Å². The Labute approximate surface area is 200 Å². The Kier molecular flexibility index (Phi) is 9.98. The predicted octanol–water partition coefficient (Wildman–Crippen LogP) is 2.76. The first-order valence-electron chi connectivity index (χ1n) is 11.2. The van der Waals surface area contributed by atoms with Crippen LogP contribution in [0.15, 0.2) is 33.9 Å². The van der Waals surface area contributed by atoms with Gasteiger partial charge in [0.25, 0.3) is 11.5 Å². The lowest BCUT2D eigenvalue weighted by Crippen LogP contribution is -2.43. The number of unbranched alkanes of at least 4 members (excludes halogenated alkanes) is 1. The fourth-order valence-corrected chi connectivity index (χ4v) is 3.19. The molecule has 0 fully saturated rings. The number of benzene rings is 1. The first-order valence-corrected chi connectivity index (χ1v) is 11.2. The number of rotatable bonds is 12. The maximum atomic E-state index is 13.0. The van der Waals surface area contributed by atoms with Crippen molar-refractivity contribution in [2.24, 2.45) is 5.92 Å². The molecule has 2 rings (SSSR count). The van der Waals surface area contributed by atoms with Gasteiger partial charge in [-0.15, -0.1) is 0 Å². The summed E-state index contributed by atoms with van der Waals surface area (Å²) in [5, 5.41) is 0. The highest BCUT2D eigenvalue weighted by Gasteiger charge is 2.25. The number of nitrogens with one attached hydrogen (secondary N) is 1. The monoisotopic (exact) mass is 496 g/mol. The third-order valence-corrected chi connectivity index (χ3v) is 5.09. The minimum atomic E-state index is -3.01. The number of H-pyrrole nitrogens is 1. The molecule has 0 spiro atoms. The number of aromatic amines is 1. The second kappa shape index (κ2) is 12.7. The lowest BCUT2D eigenvalue weighted by molar-refractivity contribution is -0.121. The lowest BCUT2D eigenvalue weighted by Gasteiger charge is -2.25. The van der Waals surface area contributed by atoms with E-state index < -0.39 is 36.3 Å². The van der Waals surface area contributed by atoms with Gasteiger partial charge in [-0.2, -0.15) is 8.78 Å². The van der Waals surface area contributed by atoms with Gasteiger partial charge in [0.2, 0.25) is 0 Å². The molecule has 3 N–H and O–H groups in total. The predicted molar refractivity (Wildman–Crippen MR) is 126 cm³/mol. The molecular formula is C23H30F2N4O6. The van der Waals surface area contributed by atoms with E-state index in [1.54, 1.807) is 0 Å². The van der Waals surface area contributed by atoms with Gasteiger partial charge in [0, 0.05) is 13.1 Å². The van der Waals surface area contributed by atoms with Gasteiger partial charge in [-0.1, -0.05) is 27.2 Å². The van der Waals surface area contributed by atoms with Gasteiger partial charge in [-0.25, -0.2) is 9.59 Å². The van der Waals surface area contributed by atoms with Gasteiger partial charge in [0.05, 0.1) is 5.56 Å². The zero-order chi connectivity index (χ0) is 26.1. The van der Waals surface area contributed by atoms with E-state index in [-0.39, 0.29) is 41.8 Å². The quantitative estimate of drug-likeness (QED) is 0.431. The number of nitrogens with zero attached hydrogens (tertiary/aromatic N) is 2. The molecule has 0 radical (unpaired) electrons. The van der Waals surface area contributed by atoms with Crippen molar-refractivity contribution in [3.05, 3.63) is 50.7 Å². The molecule has 192 valence electrons. The molecule has 0 aliphatic rings. The molecule has 1 aromatic carbocycles. The number of nitrogens with two attached hydrogens (primary N) is 1. The summed E-state index contributed by atoms with van der Waals surface area (Å²) in [6, 6.07) is 4.76. The molecule has 0 atom stereocenters. The van der Waals surface area contributed by atoms with Crippen LogP contribution in [0.25, 0.3) is 0 Å². The molecule has 0 saturated heterocycles. The number of aromatic nitrogens is 2. The Morgan fingerprint density at radius 2 is 1.83 bits per heavy atom. The van der Waals surface area contributed by atoms with E-state index in [1.165, 1.54) is 28.8 Å². The third-order valence-electron chi connectivity index (χ3n) is 5.09. The summed E-state index contributed by atoms with van der Waals surface area (Å²) in [7, 11) is 0. The molecule has 2 aromatic rings. The van der Waals surface area contributed by atoms with Crippen LogP contribution in [0.1, 0.15) is 50.4 Å². The molecule has 1 amide bonds. The van der Waals surface area contributed by atoms with Crippen LogP contribution in [0, 0.1) is 5.92 Å². The number of carbonyl (C=O) groups excluding carboxylic acids is 2. The van der Waals surface area contributed by atoms with Gasteiger partial charge >= 0.3 is 18.3 Å². The fraction of sp³-hybridized carbons (Fsp3) is 0.478. The highest BCUT2D eigenvalue weighted by molar-refractivity contribution is 5.98. The Balaban J connectivity index is 2.25. The highest BCUT2D eigenvalue weighted by Crippen LogP contribution is 2.20. The molecule has 0 aliphatic carbocycles. The van der Waals surface area contributed by atoms with Crippen LogP contribution in [-0.4, -0.2) is 41.2 Å². The van der Waals surface area contributed by atoms with Crippen LogP contribution in [0.2, 0.25) is 0 Å². The number of halogens is 2. The maximum Gasteiger partial charge on any atom is 0.387 e. The number of nitrogen functional groups attached to an aromatic ring is 1. The topological polar surface area (TPSA) is 137 Å². The molecule has 0 bridgehead atoms. The van der Waals surface area contributed by atoms with Crippen LogP contribution >= 0.6 is 0 Å². The Morgan fingerprint density at radius 3 is 2.40 bits per heavy atom. The van der Waals surface area contributed by atoms with E-state index >= 15 is 0 Å². The van der Waals surface area contributed by atoms with Crippen LogP contribution < -0.4 is 26.6 Å². The summed E-state index contributed by atoms with van der Waals surface area (Å²) in [6.07, 6.45) is 1.92. The second-order valence-corrected chi connectivity index (χ2v) is 8.21. The van der Waals surface area contributed by atoms with Gasteiger partial charge in [0.15, 0.2) is 12.3 Å². The van der Waals surface area contributed by atoms with E-state index in [2.05, 4.69) is 9.72 Å². The van der Waals surface area contributed by atoms with E-state index in [0.717, 1.165) is 11.3 Å². The van der Waals surface area contributed by atoms with Crippen LogP contribution in [0.4, 0.5) is 20.3 Å². The average Bonchev–Trinajstić information content (AvgIpc) is 2.79. The van der Waals surface area contributed by atoms with Gasteiger partial charge in [0.1, 0.15) is 11.6 Å². The third kappa shape index (κ3) is 7.66. The van der Waals surface area contributed by atoms with Crippen LogP contribution in [0.5, 0.6) is 5.75 Å². The molecule has 1 heterocycles. The Bertz CT molecular complexity index is 1130. The average molecular weight is 497 g/mol. The van der Waals surface area contributed by atoms with Crippen molar-refractivity contribution >= 4 is 23.4 Å². The van der Waals surface area contributed by atoms with Crippen molar-refractivity contribution in [2.75, 3.05) is 23.8 Å². The molecule has 1 aromatic heterocycles. The fourth-order valence-electron chi connectivity index (χ4n) is 3.19. The molecule has 10 nitrogen and oxygen atoms in total. The minimum absolute atomic E-state index is 0.0126. The van der Waals surface area contributed by atoms with Crippen molar-refractivity contribution in [3.63, 3.8) is 0 Å².